The molecule has 0 bridgehead atoms. The van der Waals surface area contributed by atoms with Crippen molar-refractivity contribution in [2.45, 2.75) is 148 Å². The van der Waals surface area contributed by atoms with Crippen LogP contribution in [-0.2, 0) is 11.3 Å². The zero-order chi connectivity index (χ0) is 26.6. The fourth-order valence-corrected chi connectivity index (χ4v) is 5.19. The van der Waals surface area contributed by atoms with Crippen LogP contribution in [0.1, 0.15) is 129 Å². The number of carbonyl (C=O) groups is 1. The lowest BCUT2D eigenvalue weighted by molar-refractivity contribution is -0.697. The summed E-state index contributed by atoms with van der Waals surface area (Å²) >= 11 is 0. The highest BCUT2D eigenvalue weighted by Gasteiger charge is 2.33. The smallest absolute Gasteiger partial charge is 0.220 e. The molecule has 0 saturated carbocycles. The molecule has 0 aromatic carbocycles. The minimum atomic E-state index is -0.743. The van der Waals surface area contributed by atoms with Crippen LogP contribution in [0.25, 0.3) is 0 Å². The maximum absolute atomic E-state index is 12.3. The van der Waals surface area contributed by atoms with Crippen molar-refractivity contribution in [3.05, 3.63) is 41.7 Å². The molecule has 2 rings (SSSR count). The molecule has 3 N–H and O–H groups in total. The molecular weight excluding hydrogens is 540 g/mol. The van der Waals surface area contributed by atoms with E-state index < -0.39 is 12.1 Å². The van der Waals surface area contributed by atoms with Gasteiger partial charge < -0.3 is 32.5 Å². The van der Waals surface area contributed by atoms with Crippen LogP contribution in [0.4, 0.5) is 0 Å². The van der Waals surface area contributed by atoms with Gasteiger partial charge in [0.05, 0.1) is 18.8 Å². The first-order valence-electron chi connectivity index (χ1n) is 15.4. The van der Waals surface area contributed by atoms with Gasteiger partial charge in [-0.05, 0) is 37.7 Å². The summed E-state index contributed by atoms with van der Waals surface area (Å²) in [6, 6.07) is 5.55. The van der Waals surface area contributed by atoms with Crippen molar-refractivity contribution in [1.29, 1.82) is 0 Å². The third-order valence-corrected chi connectivity index (χ3v) is 7.69. The predicted octanol–water partition coefficient (Wildman–Crippen LogP) is 3.56. The zero-order valence-corrected chi connectivity index (χ0v) is 25.6. The summed E-state index contributed by atoms with van der Waals surface area (Å²) in [5.41, 5.74) is 2.38. The number of halogens is 1. The first kappa shape index (κ1) is 34.8. The number of aliphatic hydroxyl groups is 2. The minimum Gasteiger partial charge on any atom is -1.00 e. The Labute approximate surface area is 243 Å². The molecule has 0 aliphatic heterocycles. The number of nitrogens with one attached hydrogen (secondary N) is 1. The molecule has 1 aromatic heterocycles. The zero-order valence-electron chi connectivity index (χ0n) is 24.0. The van der Waals surface area contributed by atoms with Gasteiger partial charge in [0.1, 0.15) is 6.54 Å². The van der Waals surface area contributed by atoms with E-state index in [2.05, 4.69) is 41.3 Å². The van der Waals surface area contributed by atoms with E-state index in [4.69, 9.17) is 0 Å². The highest BCUT2D eigenvalue weighted by Crippen LogP contribution is 2.38. The Kier molecular flexibility index (Phi) is 20.7. The number of hydrogen-bond donors (Lipinski definition) is 3. The number of allylic oxidation sites excluding steroid dienone is 1. The summed E-state index contributed by atoms with van der Waals surface area (Å²) < 4.78 is 2.20. The van der Waals surface area contributed by atoms with E-state index in [0.29, 0.717) is 6.42 Å². The van der Waals surface area contributed by atoms with E-state index in [1.54, 1.807) is 0 Å². The van der Waals surface area contributed by atoms with E-state index >= 15 is 0 Å². The highest BCUT2D eigenvalue weighted by molar-refractivity contribution is 5.76. The van der Waals surface area contributed by atoms with Gasteiger partial charge in [-0.15, -0.1) is 0 Å². The number of aryl methyl sites for hydroxylation is 1. The molecule has 0 spiro atoms. The summed E-state index contributed by atoms with van der Waals surface area (Å²) in [6.45, 7) is 3.08. The number of carbonyl (C=O) groups excluding carboxylic acids is 1. The van der Waals surface area contributed by atoms with Crippen molar-refractivity contribution in [2.24, 2.45) is 0 Å². The number of pyridine rings is 1. The van der Waals surface area contributed by atoms with Gasteiger partial charge in [0.15, 0.2) is 12.4 Å². The van der Waals surface area contributed by atoms with Gasteiger partial charge >= 0.3 is 0 Å². The Bertz CT molecular complexity index is 756. The number of nitrogens with zero attached hydrogens (tertiary/aromatic N) is 1. The van der Waals surface area contributed by atoms with Crippen LogP contribution in [0, 0.1) is 0 Å². The summed E-state index contributed by atoms with van der Waals surface area (Å²) in [4.78, 5) is 12.3. The summed E-state index contributed by atoms with van der Waals surface area (Å²) in [5.74, 6) is -0.0638. The molecule has 0 fully saturated rings. The average molecular weight is 596 g/mol. The number of unbranched alkanes of at least 4 members (excludes halogenated alkanes) is 14. The quantitative estimate of drug-likeness (QED) is 0.0973. The molecule has 1 aromatic rings. The third-order valence-electron chi connectivity index (χ3n) is 7.69. The van der Waals surface area contributed by atoms with E-state index in [-0.39, 0.29) is 29.5 Å². The monoisotopic (exact) mass is 594 g/mol. The SMILES string of the molecule is CCCCCCCCCCCCCC1=C([C@@H](O)[C@H](CO)NC(=O)CCCCCCC[n+]2ccccc2)C1.[Br-]. The van der Waals surface area contributed by atoms with Crippen LogP contribution in [0.2, 0.25) is 0 Å². The predicted molar refractivity (Wildman–Crippen MR) is 152 cm³/mol. The second-order valence-electron chi connectivity index (χ2n) is 11.0. The van der Waals surface area contributed by atoms with Crippen molar-refractivity contribution in [3.8, 4) is 0 Å². The third kappa shape index (κ3) is 16.0. The molecule has 218 valence electrons. The van der Waals surface area contributed by atoms with Crippen molar-refractivity contribution in [3.63, 3.8) is 0 Å². The minimum absolute atomic E-state index is 0. The Morgan fingerprint density at radius 1 is 0.842 bits per heavy atom. The van der Waals surface area contributed by atoms with Crippen LogP contribution in [-0.4, -0.2) is 34.9 Å². The molecule has 38 heavy (non-hydrogen) atoms. The number of rotatable bonds is 24. The van der Waals surface area contributed by atoms with Gasteiger partial charge in [0.2, 0.25) is 5.91 Å². The largest absolute Gasteiger partial charge is 1.00 e. The molecule has 6 heteroatoms. The maximum Gasteiger partial charge on any atom is 0.220 e. The number of amides is 1. The number of aliphatic hydroxyl groups excluding tert-OH is 2. The Morgan fingerprint density at radius 3 is 2.00 bits per heavy atom. The highest BCUT2D eigenvalue weighted by atomic mass is 79.9. The molecule has 0 unspecified atom stereocenters. The topological polar surface area (TPSA) is 73.4 Å². The second-order valence-corrected chi connectivity index (χ2v) is 11.0. The molecule has 0 radical (unpaired) electrons. The molecule has 1 amide bonds. The molecule has 1 aliphatic carbocycles. The lowest BCUT2D eigenvalue weighted by Crippen LogP contribution is -3.00. The van der Waals surface area contributed by atoms with Gasteiger partial charge in [0, 0.05) is 25.0 Å². The van der Waals surface area contributed by atoms with Crippen molar-refractivity contribution >= 4 is 5.91 Å². The van der Waals surface area contributed by atoms with E-state index in [1.807, 2.05) is 6.07 Å². The standard InChI is InChI=1S/C32H54N2O3.BrH/c1-2-3-4-5-6-7-8-9-10-12-16-21-28-26-29(28)32(37)30(27-35)33-31(36)22-17-13-11-14-18-23-34-24-19-15-20-25-34;/h15,19-20,24-25,30,32,35,37H,2-14,16-18,21-23,26-27H2,1H3;1H/t30-,32+;/m0./s1. The Morgan fingerprint density at radius 2 is 1.39 bits per heavy atom. The molecule has 5 nitrogen and oxygen atoms in total. The van der Waals surface area contributed by atoms with Crippen LogP contribution < -0.4 is 26.9 Å². The van der Waals surface area contributed by atoms with Crippen molar-refractivity contribution in [1.82, 2.24) is 5.32 Å². The molecule has 1 aliphatic rings. The van der Waals surface area contributed by atoms with E-state index in [1.165, 1.54) is 76.2 Å². The average Bonchev–Trinajstić information content (AvgIpc) is 3.69. The Hall–Kier alpha value is -1.24. The van der Waals surface area contributed by atoms with Crippen LogP contribution in [0.5, 0.6) is 0 Å². The van der Waals surface area contributed by atoms with Gasteiger partial charge in [-0.1, -0.05) is 95.6 Å². The second kappa shape index (κ2) is 22.6. The number of hydrogen-bond acceptors (Lipinski definition) is 3. The lowest BCUT2D eigenvalue weighted by atomic mass is 10.0. The molecule has 0 saturated heterocycles. The van der Waals surface area contributed by atoms with Crippen molar-refractivity contribution < 1.29 is 36.6 Å². The fourth-order valence-electron chi connectivity index (χ4n) is 5.19. The van der Waals surface area contributed by atoms with Gasteiger partial charge in [-0.3, -0.25) is 4.79 Å². The van der Waals surface area contributed by atoms with Gasteiger partial charge in [-0.2, -0.15) is 0 Å². The molecule has 2 atom stereocenters. The maximum atomic E-state index is 12.3. The van der Waals surface area contributed by atoms with Crippen LogP contribution in [0.3, 0.4) is 0 Å². The van der Waals surface area contributed by atoms with Gasteiger partial charge in [0.25, 0.3) is 0 Å². The first-order valence-corrected chi connectivity index (χ1v) is 15.4. The Balaban J connectivity index is 0.00000722. The fraction of sp³-hybridized carbons (Fsp3) is 0.750. The van der Waals surface area contributed by atoms with Crippen LogP contribution in [0.15, 0.2) is 41.7 Å². The summed E-state index contributed by atoms with van der Waals surface area (Å²) in [5, 5.41) is 23.3. The van der Waals surface area contributed by atoms with E-state index in [9.17, 15) is 15.0 Å². The van der Waals surface area contributed by atoms with Gasteiger partial charge in [-0.25, -0.2) is 4.57 Å². The number of aromatic nitrogens is 1. The summed E-state index contributed by atoms with van der Waals surface area (Å²) in [6.07, 6.45) is 25.9. The van der Waals surface area contributed by atoms with Crippen molar-refractivity contribution in [2.75, 3.05) is 6.61 Å². The lowest BCUT2D eigenvalue weighted by Gasteiger charge is -2.20. The summed E-state index contributed by atoms with van der Waals surface area (Å²) in [7, 11) is 0. The van der Waals surface area contributed by atoms with E-state index in [0.717, 1.165) is 57.1 Å². The normalized spacial score (nSPS) is 14.2. The molecular formula is C32H55BrN2O3. The van der Waals surface area contributed by atoms with Crippen LogP contribution >= 0.6 is 0 Å². The molecule has 1 heterocycles. The first-order chi connectivity index (χ1) is 18.2.